The number of aryl methyl sites for hydroxylation is 2. The van der Waals surface area contributed by atoms with E-state index in [4.69, 9.17) is 5.73 Å². The summed E-state index contributed by atoms with van der Waals surface area (Å²) in [7, 11) is 0. The lowest BCUT2D eigenvalue weighted by Crippen LogP contribution is -2.29. The van der Waals surface area contributed by atoms with Crippen molar-refractivity contribution in [3.05, 3.63) is 69.7 Å². The number of piperidine rings is 1. The van der Waals surface area contributed by atoms with Crippen molar-refractivity contribution in [3.8, 4) is 0 Å². The summed E-state index contributed by atoms with van der Waals surface area (Å²) in [6.45, 7) is 9.08. The van der Waals surface area contributed by atoms with Crippen LogP contribution in [0, 0.1) is 20.8 Å². The van der Waals surface area contributed by atoms with Gasteiger partial charge in [0.25, 0.3) is 5.91 Å². The van der Waals surface area contributed by atoms with Crippen LogP contribution >= 0.6 is 0 Å². The number of amides is 1. The highest BCUT2D eigenvalue weighted by Gasteiger charge is 2.19. The highest BCUT2D eigenvalue weighted by molar-refractivity contribution is 5.98. The molecule has 1 aromatic carbocycles. The van der Waals surface area contributed by atoms with Crippen LogP contribution in [0.5, 0.6) is 0 Å². The molecule has 2 aromatic heterocycles. The molecule has 1 saturated heterocycles. The molecule has 168 valence electrons. The Bertz CT molecular complexity index is 1070. The molecule has 0 unspecified atom stereocenters. The lowest BCUT2D eigenvalue weighted by atomic mass is 10.0. The number of primary amides is 1. The molecule has 1 amide bonds. The van der Waals surface area contributed by atoms with E-state index < -0.39 is 5.91 Å². The minimum absolute atomic E-state index is 0.396. The Labute approximate surface area is 189 Å². The maximum atomic E-state index is 12.2. The van der Waals surface area contributed by atoms with Gasteiger partial charge in [-0.2, -0.15) is 5.10 Å². The van der Waals surface area contributed by atoms with E-state index in [1.54, 1.807) is 0 Å². The average Bonchev–Trinajstić information content (AvgIpc) is 3.19. The summed E-state index contributed by atoms with van der Waals surface area (Å²) >= 11 is 0. The van der Waals surface area contributed by atoms with Crippen LogP contribution in [0.3, 0.4) is 0 Å². The molecule has 7 heteroatoms. The van der Waals surface area contributed by atoms with Crippen LogP contribution in [0.4, 0.5) is 11.5 Å². The van der Waals surface area contributed by atoms with Crippen LogP contribution in [0.15, 0.2) is 30.5 Å². The van der Waals surface area contributed by atoms with Crippen molar-refractivity contribution in [1.82, 2.24) is 15.2 Å². The third kappa shape index (κ3) is 4.77. The van der Waals surface area contributed by atoms with Gasteiger partial charge in [0.05, 0.1) is 17.6 Å². The number of aromatic nitrogens is 3. The van der Waals surface area contributed by atoms with E-state index in [1.165, 1.54) is 36.0 Å². The number of benzene rings is 1. The number of H-pyrrole nitrogens is 1. The molecule has 3 aromatic rings. The summed E-state index contributed by atoms with van der Waals surface area (Å²) in [6, 6.07) is 8.43. The lowest BCUT2D eigenvalue weighted by Gasteiger charge is -2.28. The van der Waals surface area contributed by atoms with E-state index >= 15 is 0 Å². The fourth-order valence-corrected chi connectivity index (χ4v) is 4.35. The van der Waals surface area contributed by atoms with Crippen molar-refractivity contribution >= 4 is 17.4 Å². The van der Waals surface area contributed by atoms with Gasteiger partial charge < -0.3 is 16.0 Å². The number of pyridine rings is 1. The molecule has 32 heavy (non-hydrogen) atoms. The molecule has 3 heterocycles. The monoisotopic (exact) mass is 432 g/mol. The number of hydrogen-bond donors (Lipinski definition) is 3. The maximum absolute atomic E-state index is 12.2. The van der Waals surface area contributed by atoms with Gasteiger partial charge in [-0.25, -0.2) is 0 Å². The van der Waals surface area contributed by atoms with E-state index in [2.05, 4.69) is 64.4 Å². The third-order valence-corrected chi connectivity index (χ3v) is 6.42. The van der Waals surface area contributed by atoms with Crippen LogP contribution in [0.2, 0.25) is 0 Å². The second kappa shape index (κ2) is 9.42. The van der Waals surface area contributed by atoms with Gasteiger partial charge in [0, 0.05) is 31.7 Å². The molecule has 0 atom stereocenters. The predicted octanol–water partition coefficient (Wildman–Crippen LogP) is 4.02. The average molecular weight is 433 g/mol. The lowest BCUT2D eigenvalue weighted by molar-refractivity contribution is 0.100. The first-order valence-electron chi connectivity index (χ1n) is 11.3. The molecule has 0 radical (unpaired) electrons. The van der Waals surface area contributed by atoms with Gasteiger partial charge >= 0.3 is 0 Å². The van der Waals surface area contributed by atoms with Crippen LogP contribution in [0.1, 0.15) is 63.3 Å². The number of hydrogen-bond acceptors (Lipinski definition) is 5. The zero-order chi connectivity index (χ0) is 22.7. The molecule has 4 N–H and O–H groups in total. The number of anilines is 2. The molecule has 0 bridgehead atoms. The maximum Gasteiger partial charge on any atom is 0.254 e. The van der Waals surface area contributed by atoms with Gasteiger partial charge in [-0.05, 0) is 74.4 Å². The van der Waals surface area contributed by atoms with E-state index in [9.17, 15) is 4.79 Å². The van der Waals surface area contributed by atoms with E-state index in [-0.39, 0.29) is 0 Å². The number of rotatable bonds is 7. The summed E-state index contributed by atoms with van der Waals surface area (Å²) in [6.07, 6.45) is 6.15. The molecule has 0 saturated carbocycles. The Morgan fingerprint density at radius 3 is 2.47 bits per heavy atom. The standard InChI is InChI=1S/C25H32N6O/c1-16-11-19(12-17(2)18(16)3)14-28-25-23(24(26)32)22(29-30-25)13-20-7-8-21(15-27-20)31-9-5-4-6-10-31/h7-8,11-12,15H,4-6,9-10,13-14H2,1-3H3,(H2,26,32)(H2,28,29,30). The first-order valence-corrected chi connectivity index (χ1v) is 11.3. The normalized spacial score (nSPS) is 13.9. The number of carbonyl (C=O) groups is 1. The first kappa shape index (κ1) is 21.9. The molecular weight excluding hydrogens is 400 g/mol. The second-order valence-electron chi connectivity index (χ2n) is 8.73. The van der Waals surface area contributed by atoms with Gasteiger partial charge in [-0.3, -0.25) is 14.9 Å². The van der Waals surface area contributed by atoms with Gasteiger partial charge in [0.2, 0.25) is 0 Å². The Kier molecular flexibility index (Phi) is 6.44. The summed E-state index contributed by atoms with van der Waals surface area (Å²) in [4.78, 5) is 19.2. The second-order valence-corrected chi connectivity index (χ2v) is 8.73. The molecule has 0 spiro atoms. The van der Waals surface area contributed by atoms with Crippen molar-refractivity contribution in [2.45, 2.75) is 53.0 Å². The highest BCUT2D eigenvalue weighted by atomic mass is 16.1. The summed E-state index contributed by atoms with van der Waals surface area (Å²) in [5, 5.41) is 10.6. The molecule has 0 aliphatic carbocycles. The van der Waals surface area contributed by atoms with Crippen molar-refractivity contribution < 1.29 is 4.79 Å². The smallest absolute Gasteiger partial charge is 0.254 e. The first-order chi connectivity index (χ1) is 15.4. The zero-order valence-corrected chi connectivity index (χ0v) is 19.2. The van der Waals surface area contributed by atoms with E-state index in [0.29, 0.717) is 30.0 Å². The number of nitrogens with two attached hydrogens (primary N) is 1. The Balaban J connectivity index is 1.47. The van der Waals surface area contributed by atoms with Gasteiger partial charge in [-0.15, -0.1) is 0 Å². The zero-order valence-electron chi connectivity index (χ0n) is 19.2. The molecular formula is C25H32N6O. The largest absolute Gasteiger partial charge is 0.370 e. The third-order valence-electron chi connectivity index (χ3n) is 6.42. The summed E-state index contributed by atoms with van der Waals surface area (Å²) in [5.41, 5.74) is 13.7. The quantitative estimate of drug-likeness (QED) is 0.524. The summed E-state index contributed by atoms with van der Waals surface area (Å²) < 4.78 is 0. The van der Waals surface area contributed by atoms with Crippen molar-refractivity contribution in [1.29, 1.82) is 0 Å². The molecule has 7 nitrogen and oxygen atoms in total. The highest BCUT2D eigenvalue weighted by Crippen LogP contribution is 2.23. The van der Waals surface area contributed by atoms with Gasteiger partial charge in [0.1, 0.15) is 5.56 Å². The molecule has 1 fully saturated rings. The number of nitrogens with one attached hydrogen (secondary N) is 2. The van der Waals surface area contributed by atoms with Crippen molar-refractivity contribution in [2.75, 3.05) is 23.3 Å². The Hall–Kier alpha value is -3.35. The fourth-order valence-electron chi connectivity index (χ4n) is 4.35. The van der Waals surface area contributed by atoms with Crippen LogP contribution < -0.4 is 16.0 Å². The number of carbonyl (C=O) groups excluding carboxylic acids is 1. The minimum Gasteiger partial charge on any atom is -0.370 e. The van der Waals surface area contributed by atoms with E-state index in [0.717, 1.165) is 30.0 Å². The Morgan fingerprint density at radius 2 is 1.84 bits per heavy atom. The number of nitrogens with zero attached hydrogens (tertiary/aromatic N) is 3. The molecule has 4 rings (SSSR count). The van der Waals surface area contributed by atoms with Crippen LogP contribution in [-0.4, -0.2) is 34.2 Å². The minimum atomic E-state index is -0.502. The fraction of sp³-hybridized carbons (Fsp3) is 0.400. The predicted molar refractivity (Wildman–Crippen MR) is 128 cm³/mol. The molecule has 1 aliphatic heterocycles. The van der Waals surface area contributed by atoms with Gasteiger partial charge in [0.15, 0.2) is 5.82 Å². The SMILES string of the molecule is Cc1cc(CNc2n[nH]c(Cc3ccc(N4CCCCC4)cn3)c2C(N)=O)cc(C)c1C. The van der Waals surface area contributed by atoms with E-state index in [1.807, 2.05) is 12.3 Å². The van der Waals surface area contributed by atoms with Crippen molar-refractivity contribution in [3.63, 3.8) is 0 Å². The topological polar surface area (TPSA) is 99.9 Å². The van der Waals surface area contributed by atoms with Crippen LogP contribution in [-0.2, 0) is 13.0 Å². The van der Waals surface area contributed by atoms with Crippen molar-refractivity contribution in [2.24, 2.45) is 5.73 Å². The summed E-state index contributed by atoms with van der Waals surface area (Å²) in [5.74, 6) is -0.0224. The van der Waals surface area contributed by atoms with Gasteiger partial charge in [-0.1, -0.05) is 12.1 Å². The Morgan fingerprint density at radius 1 is 1.12 bits per heavy atom. The van der Waals surface area contributed by atoms with Crippen LogP contribution in [0.25, 0.3) is 0 Å². The number of aromatic amines is 1. The molecule has 1 aliphatic rings.